The van der Waals surface area contributed by atoms with Crippen LogP contribution in [0.2, 0.25) is 5.02 Å². The number of aryl methyl sites for hydroxylation is 3. The first kappa shape index (κ1) is 15.1. The standard InChI is InChI=1S/C18H22ClN/c1-5-20-18(16-9-8-15(19)11-14(16)4)17-10-12(2)6-7-13(17)3/h6-11,18,20H,5H2,1-4H3. The van der Waals surface area contributed by atoms with Crippen molar-refractivity contribution >= 4 is 11.6 Å². The Morgan fingerprint density at radius 1 is 0.950 bits per heavy atom. The Kier molecular flexibility index (Phi) is 4.85. The topological polar surface area (TPSA) is 12.0 Å². The van der Waals surface area contributed by atoms with Gasteiger partial charge in [0.1, 0.15) is 0 Å². The summed E-state index contributed by atoms with van der Waals surface area (Å²) < 4.78 is 0. The van der Waals surface area contributed by atoms with Crippen LogP contribution in [-0.2, 0) is 0 Å². The molecule has 0 amide bonds. The lowest BCUT2D eigenvalue weighted by Gasteiger charge is -2.23. The summed E-state index contributed by atoms with van der Waals surface area (Å²) in [5, 5.41) is 4.39. The zero-order valence-electron chi connectivity index (χ0n) is 12.6. The van der Waals surface area contributed by atoms with Gasteiger partial charge < -0.3 is 5.32 Å². The highest BCUT2D eigenvalue weighted by atomic mass is 35.5. The zero-order chi connectivity index (χ0) is 14.7. The molecule has 0 aliphatic carbocycles. The second-order valence-electron chi connectivity index (χ2n) is 5.35. The van der Waals surface area contributed by atoms with Crippen LogP contribution in [0.15, 0.2) is 36.4 Å². The Hall–Kier alpha value is -1.31. The monoisotopic (exact) mass is 287 g/mol. The van der Waals surface area contributed by atoms with E-state index in [-0.39, 0.29) is 6.04 Å². The molecule has 1 nitrogen and oxygen atoms in total. The molecule has 1 atom stereocenters. The van der Waals surface area contributed by atoms with Gasteiger partial charge in [-0.3, -0.25) is 0 Å². The van der Waals surface area contributed by atoms with Crippen molar-refractivity contribution in [2.75, 3.05) is 6.54 Å². The SMILES string of the molecule is CCNC(c1ccc(Cl)cc1C)c1cc(C)ccc1C. The highest BCUT2D eigenvalue weighted by Gasteiger charge is 2.17. The lowest BCUT2D eigenvalue weighted by atomic mass is 9.91. The van der Waals surface area contributed by atoms with Crippen LogP contribution < -0.4 is 5.32 Å². The summed E-state index contributed by atoms with van der Waals surface area (Å²) in [4.78, 5) is 0. The maximum Gasteiger partial charge on any atom is 0.0581 e. The lowest BCUT2D eigenvalue weighted by molar-refractivity contribution is 0.624. The third-order valence-corrected chi connectivity index (χ3v) is 3.93. The van der Waals surface area contributed by atoms with Gasteiger partial charge in [0, 0.05) is 5.02 Å². The summed E-state index contributed by atoms with van der Waals surface area (Å²) in [6.45, 7) is 9.51. The molecule has 2 aromatic carbocycles. The van der Waals surface area contributed by atoms with E-state index in [0.717, 1.165) is 11.6 Å². The van der Waals surface area contributed by atoms with Crippen molar-refractivity contribution in [1.29, 1.82) is 0 Å². The van der Waals surface area contributed by atoms with E-state index in [1.165, 1.54) is 27.8 Å². The minimum Gasteiger partial charge on any atom is -0.307 e. The van der Waals surface area contributed by atoms with Crippen molar-refractivity contribution in [2.24, 2.45) is 0 Å². The van der Waals surface area contributed by atoms with E-state index in [0.29, 0.717) is 0 Å². The number of halogens is 1. The minimum absolute atomic E-state index is 0.220. The molecule has 2 heteroatoms. The van der Waals surface area contributed by atoms with Crippen LogP contribution in [0.3, 0.4) is 0 Å². The number of rotatable bonds is 4. The molecule has 2 rings (SSSR count). The quantitative estimate of drug-likeness (QED) is 0.838. The average molecular weight is 288 g/mol. The van der Waals surface area contributed by atoms with Crippen molar-refractivity contribution in [1.82, 2.24) is 5.32 Å². The van der Waals surface area contributed by atoms with Gasteiger partial charge in [0.2, 0.25) is 0 Å². The Balaban J connectivity index is 2.53. The fourth-order valence-electron chi connectivity index (χ4n) is 2.63. The van der Waals surface area contributed by atoms with Crippen molar-refractivity contribution in [2.45, 2.75) is 33.7 Å². The van der Waals surface area contributed by atoms with Crippen molar-refractivity contribution < 1.29 is 0 Å². The fourth-order valence-corrected chi connectivity index (χ4v) is 2.85. The van der Waals surface area contributed by atoms with Gasteiger partial charge >= 0.3 is 0 Å². The Morgan fingerprint density at radius 2 is 1.70 bits per heavy atom. The molecule has 1 N–H and O–H groups in total. The lowest BCUT2D eigenvalue weighted by Crippen LogP contribution is -2.23. The van der Waals surface area contributed by atoms with Gasteiger partial charge in [-0.15, -0.1) is 0 Å². The molecule has 20 heavy (non-hydrogen) atoms. The van der Waals surface area contributed by atoms with E-state index in [4.69, 9.17) is 11.6 Å². The van der Waals surface area contributed by atoms with Crippen LogP contribution in [0.25, 0.3) is 0 Å². The van der Waals surface area contributed by atoms with Crippen LogP contribution >= 0.6 is 11.6 Å². The smallest absolute Gasteiger partial charge is 0.0581 e. The Bertz CT molecular complexity index is 604. The van der Waals surface area contributed by atoms with Gasteiger partial charge in [-0.05, 0) is 61.7 Å². The zero-order valence-corrected chi connectivity index (χ0v) is 13.4. The van der Waals surface area contributed by atoms with Crippen molar-refractivity contribution in [3.05, 3.63) is 69.2 Å². The summed E-state index contributed by atoms with van der Waals surface area (Å²) >= 11 is 6.08. The van der Waals surface area contributed by atoms with Crippen LogP contribution in [0.5, 0.6) is 0 Å². The summed E-state index contributed by atoms with van der Waals surface area (Å²) in [6.07, 6.45) is 0. The molecular formula is C18H22ClN. The molecule has 106 valence electrons. The highest BCUT2D eigenvalue weighted by molar-refractivity contribution is 6.30. The predicted octanol–water partition coefficient (Wildman–Crippen LogP) is 4.96. The molecular weight excluding hydrogens is 266 g/mol. The van der Waals surface area contributed by atoms with Crippen LogP contribution in [-0.4, -0.2) is 6.54 Å². The van der Waals surface area contributed by atoms with Gasteiger partial charge in [0.15, 0.2) is 0 Å². The first-order valence-electron chi connectivity index (χ1n) is 7.09. The van der Waals surface area contributed by atoms with Crippen molar-refractivity contribution in [3.8, 4) is 0 Å². The first-order chi connectivity index (χ1) is 9.52. The third kappa shape index (κ3) is 3.23. The normalized spacial score (nSPS) is 12.4. The van der Waals surface area contributed by atoms with E-state index in [1.54, 1.807) is 0 Å². The van der Waals surface area contributed by atoms with Gasteiger partial charge in [-0.1, -0.05) is 48.4 Å². The second kappa shape index (κ2) is 6.43. The average Bonchev–Trinajstić information content (AvgIpc) is 2.40. The first-order valence-corrected chi connectivity index (χ1v) is 7.47. The van der Waals surface area contributed by atoms with E-state index in [2.05, 4.69) is 57.3 Å². The maximum absolute atomic E-state index is 6.08. The molecule has 0 heterocycles. The van der Waals surface area contributed by atoms with Gasteiger partial charge in [-0.2, -0.15) is 0 Å². The minimum atomic E-state index is 0.220. The molecule has 0 bridgehead atoms. The van der Waals surface area contributed by atoms with Gasteiger partial charge in [0.25, 0.3) is 0 Å². The molecule has 0 aromatic heterocycles. The van der Waals surface area contributed by atoms with Crippen LogP contribution in [0.1, 0.15) is 40.8 Å². The van der Waals surface area contributed by atoms with Gasteiger partial charge in [-0.25, -0.2) is 0 Å². The summed E-state index contributed by atoms with van der Waals surface area (Å²) in [7, 11) is 0. The molecule has 1 unspecified atom stereocenters. The number of benzene rings is 2. The van der Waals surface area contributed by atoms with E-state index < -0.39 is 0 Å². The highest BCUT2D eigenvalue weighted by Crippen LogP contribution is 2.29. The summed E-state index contributed by atoms with van der Waals surface area (Å²) in [6, 6.07) is 13.0. The molecule has 0 fully saturated rings. The fraction of sp³-hybridized carbons (Fsp3) is 0.333. The maximum atomic E-state index is 6.08. The Morgan fingerprint density at radius 3 is 2.35 bits per heavy atom. The van der Waals surface area contributed by atoms with Crippen molar-refractivity contribution in [3.63, 3.8) is 0 Å². The Labute approximate surface area is 127 Å². The second-order valence-corrected chi connectivity index (χ2v) is 5.79. The van der Waals surface area contributed by atoms with Gasteiger partial charge in [0.05, 0.1) is 6.04 Å². The van der Waals surface area contributed by atoms with E-state index >= 15 is 0 Å². The van der Waals surface area contributed by atoms with Crippen LogP contribution in [0.4, 0.5) is 0 Å². The molecule has 0 aliphatic rings. The van der Waals surface area contributed by atoms with E-state index in [1.807, 2.05) is 12.1 Å². The summed E-state index contributed by atoms with van der Waals surface area (Å²) in [5.41, 5.74) is 6.47. The molecule has 0 spiro atoms. The number of hydrogen-bond donors (Lipinski definition) is 1. The summed E-state index contributed by atoms with van der Waals surface area (Å²) in [5.74, 6) is 0. The molecule has 2 aromatic rings. The third-order valence-electron chi connectivity index (χ3n) is 3.70. The number of hydrogen-bond acceptors (Lipinski definition) is 1. The molecule has 0 aliphatic heterocycles. The molecule has 0 saturated heterocycles. The molecule has 0 saturated carbocycles. The molecule has 0 radical (unpaired) electrons. The largest absolute Gasteiger partial charge is 0.307 e. The number of nitrogens with one attached hydrogen (secondary N) is 1. The van der Waals surface area contributed by atoms with Crippen LogP contribution in [0, 0.1) is 20.8 Å². The predicted molar refractivity (Wildman–Crippen MR) is 87.6 cm³/mol. The van der Waals surface area contributed by atoms with E-state index in [9.17, 15) is 0 Å².